The lowest BCUT2D eigenvalue weighted by atomic mass is 10.2. The zero-order valence-electron chi connectivity index (χ0n) is 16.3. The number of rotatable bonds is 5. The maximum atomic E-state index is 12.6. The van der Waals surface area contributed by atoms with E-state index in [-0.39, 0.29) is 6.03 Å². The number of carbonyl (C=O) groups excluding carboxylic acids is 1. The molecule has 0 atom stereocenters. The molecular formula is C21H24N6O2. The molecule has 8 heteroatoms. The fourth-order valence-corrected chi connectivity index (χ4v) is 3.30. The van der Waals surface area contributed by atoms with Crippen LogP contribution in [-0.4, -0.2) is 47.1 Å². The van der Waals surface area contributed by atoms with Crippen LogP contribution in [0.2, 0.25) is 0 Å². The van der Waals surface area contributed by atoms with Crippen LogP contribution in [0, 0.1) is 6.92 Å². The van der Waals surface area contributed by atoms with Gasteiger partial charge in [0.25, 0.3) is 0 Å². The van der Waals surface area contributed by atoms with Gasteiger partial charge >= 0.3 is 6.03 Å². The summed E-state index contributed by atoms with van der Waals surface area (Å²) >= 11 is 0. The molecule has 1 aliphatic heterocycles. The summed E-state index contributed by atoms with van der Waals surface area (Å²) in [7, 11) is 0. The molecule has 1 aromatic carbocycles. The number of morpholine rings is 1. The van der Waals surface area contributed by atoms with Gasteiger partial charge in [-0.15, -0.1) is 0 Å². The zero-order valence-corrected chi connectivity index (χ0v) is 16.3. The number of aryl methyl sites for hydroxylation is 1. The van der Waals surface area contributed by atoms with Crippen LogP contribution in [0.15, 0.2) is 54.9 Å². The maximum absolute atomic E-state index is 12.6. The second-order valence-electron chi connectivity index (χ2n) is 6.81. The number of ether oxygens (including phenoxy) is 1. The summed E-state index contributed by atoms with van der Waals surface area (Å²) in [4.78, 5) is 19.3. The van der Waals surface area contributed by atoms with E-state index in [4.69, 9.17) is 4.74 Å². The molecule has 0 spiro atoms. The molecule has 0 saturated carbocycles. The molecule has 3 heterocycles. The van der Waals surface area contributed by atoms with E-state index in [1.165, 1.54) is 0 Å². The second kappa shape index (κ2) is 8.74. The Morgan fingerprint density at radius 2 is 1.97 bits per heavy atom. The van der Waals surface area contributed by atoms with Gasteiger partial charge in [0.2, 0.25) is 0 Å². The first-order valence-electron chi connectivity index (χ1n) is 9.64. The number of urea groups is 1. The Balaban J connectivity index is 1.43. The average molecular weight is 392 g/mol. The number of hydrogen-bond donors (Lipinski definition) is 2. The van der Waals surface area contributed by atoms with Crippen molar-refractivity contribution in [2.24, 2.45) is 0 Å². The van der Waals surface area contributed by atoms with Gasteiger partial charge in [-0.1, -0.05) is 18.2 Å². The maximum Gasteiger partial charge on any atom is 0.319 e. The Labute approximate surface area is 169 Å². The van der Waals surface area contributed by atoms with Gasteiger partial charge in [-0.3, -0.25) is 0 Å². The molecule has 29 heavy (non-hydrogen) atoms. The molecule has 1 aliphatic rings. The van der Waals surface area contributed by atoms with E-state index < -0.39 is 0 Å². The summed E-state index contributed by atoms with van der Waals surface area (Å²) < 4.78 is 7.17. The molecule has 0 aliphatic carbocycles. The van der Waals surface area contributed by atoms with Crippen molar-refractivity contribution in [2.45, 2.75) is 13.5 Å². The number of benzene rings is 1. The fraction of sp³-hybridized carbons (Fsp3) is 0.286. The predicted molar refractivity (Wildman–Crippen MR) is 111 cm³/mol. The molecular weight excluding hydrogens is 368 g/mol. The molecule has 4 rings (SSSR count). The molecule has 2 N–H and O–H groups in total. The van der Waals surface area contributed by atoms with Crippen LogP contribution in [0.1, 0.15) is 11.3 Å². The number of nitrogens with zero attached hydrogens (tertiary/aromatic N) is 4. The standard InChI is InChI=1S/C21H24N6O2/c1-16-8-10-27(25-16)19-7-3-2-6-18(19)24-21(28)23-15-17-5-4-9-22-20(17)26-11-13-29-14-12-26/h2-10H,11-15H2,1H3,(H2,23,24,28). The Hall–Kier alpha value is -3.39. The monoisotopic (exact) mass is 392 g/mol. The van der Waals surface area contributed by atoms with Crippen molar-refractivity contribution < 1.29 is 9.53 Å². The Bertz CT molecular complexity index is 981. The van der Waals surface area contributed by atoms with E-state index in [9.17, 15) is 4.79 Å². The highest BCUT2D eigenvalue weighted by molar-refractivity contribution is 5.91. The number of hydrogen-bond acceptors (Lipinski definition) is 5. The summed E-state index contributed by atoms with van der Waals surface area (Å²) in [5.41, 5.74) is 3.39. The minimum absolute atomic E-state index is 0.280. The predicted octanol–water partition coefficient (Wildman–Crippen LogP) is 2.73. The van der Waals surface area contributed by atoms with Gasteiger partial charge in [0, 0.05) is 37.6 Å². The van der Waals surface area contributed by atoms with Crippen molar-refractivity contribution in [1.29, 1.82) is 0 Å². The minimum Gasteiger partial charge on any atom is -0.378 e. The van der Waals surface area contributed by atoms with Crippen LogP contribution >= 0.6 is 0 Å². The highest BCUT2D eigenvalue weighted by Crippen LogP contribution is 2.20. The number of pyridine rings is 1. The number of carbonyl (C=O) groups is 1. The Kier molecular flexibility index (Phi) is 5.71. The highest BCUT2D eigenvalue weighted by atomic mass is 16.5. The Morgan fingerprint density at radius 3 is 2.76 bits per heavy atom. The number of anilines is 2. The minimum atomic E-state index is -0.280. The lowest BCUT2D eigenvalue weighted by Crippen LogP contribution is -2.38. The van der Waals surface area contributed by atoms with Gasteiger partial charge in [-0.2, -0.15) is 5.10 Å². The SMILES string of the molecule is Cc1ccn(-c2ccccc2NC(=O)NCc2cccnc2N2CCOCC2)n1. The molecule has 1 fully saturated rings. The van der Waals surface area contributed by atoms with Gasteiger partial charge in [-0.25, -0.2) is 14.5 Å². The molecule has 0 unspecified atom stereocenters. The summed E-state index contributed by atoms with van der Waals surface area (Å²) in [6.07, 6.45) is 3.65. The zero-order chi connectivity index (χ0) is 20.1. The lowest BCUT2D eigenvalue weighted by molar-refractivity contribution is 0.122. The molecule has 2 amide bonds. The van der Waals surface area contributed by atoms with Crippen molar-refractivity contribution in [2.75, 3.05) is 36.5 Å². The lowest BCUT2D eigenvalue weighted by Gasteiger charge is -2.29. The largest absolute Gasteiger partial charge is 0.378 e. The van der Waals surface area contributed by atoms with E-state index in [0.29, 0.717) is 25.4 Å². The number of para-hydroxylation sites is 2. The van der Waals surface area contributed by atoms with E-state index in [1.807, 2.05) is 55.6 Å². The van der Waals surface area contributed by atoms with Crippen molar-refractivity contribution in [3.8, 4) is 5.69 Å². The molecule has 2 aromatic heterocycles. The third-order valence-electron chi connectivity index (χ3n) is 4.74. The van der Waals surface area contributed by atoms with Crippen molar-refractivity contribution >= 4 is 17.5 Å². The molecule has 8 nitrogen and oxygen atoms in total. The van der Waals surface area contributed by atoms with Gasteiger partial charge < -0.3 is 20.3 Å². The van der Waals surface area contributed by atoms with E-state index in [2.05, 4.69) is 25.6 Å². The van der Waals surface area contributed by atoms with Crippen LogP contribution in [0.5, 0.6) is 0 Å². The molecule has 1 saturated heterocycles. The molecule has 3 aromatic rings. The summed E-state index contributed by atoms with van der Waals surface area (Å²) in [6.45, 7) is 5.29. The normalized spacial score (nSPS) is 13.9. The summed E-state index contributed by atoms with van der Waals surface area (Å²) in [6, 6.07) is 13.1. The number of aromatic nitrogens is 3. The van der Waals surface area contributed by atoms with Crippen LogP contribution in [0.25, 0.3) is 5.69 Å². The van der Waals surface area contributed by atoms with E-state index in [1.54, 1.807) is 10.9 Å². The second-order valence-corrected chi connectivity index (χ2v) is 6.81. The first-order chi connectivity index (χ1) is 14.2. The number of nitrogens with one attached hydrogen (secondary N) is 2. The van der Waals surface area contributed by atoms with Gasteiger partial charge in [0.15, 0.2) is 0 Å². The van der Waals surface area contributed by atoms with Crippen LogP contribution in [0.4, 0.5) is 16.3 Å². The molecule has 150 valence electrons. The van der Waals surface area contributed by atoms with Gasteiger partial charge in [-0.05, 0) is 31.2 Å². The fourth-order valence-electron chi connectivity index (χ4n) is 3.30. The molecule has 0 bridgehead atoms. The van der Waals surface area contributed by atoms with Crippen molar-refractivity contribution in [1.82, 2.24) is 20.1 Å². The van der Waals surface area contributed by atoms with Crippen molar-refractivity contribution in [3.63, 3.8) is 0 Å². The van der Waals surface area contributed by atoms with Crippen LogP contribution < -0.4 is 15.5 Å². The average Bonchev–Trinajstić information content (AvgIpc) is 3.19. The summed E-state index contributed by atoms with van der Waals surface area (Å²) in [5.74, 6) is 0.892. The third kappa shape index (κ3) is 4.55. The number of amides is 2. The smallest absolute Gasteiger partial charge is 0.319 e. The molecule has 0 radical (unpaired) electrons. The first-order valence-corrected chi connectivity index (χ1v) is 9.64. The van der Waals surface area contributed by atoms with Crippen LogP contribution in [0.3, 0.4) is 0 Å². The highest BCUT2D eigenvalue weighted by Gasteiger charge is 2.16. The van der Waals surface area contributed by atoms with Crippen molar-refractivity contribution in [3.05, 3.63) is 66.1 Å². The van der Waals surface area contributed by atoms with E-state index >= 15 is 0 Å². The topological polar surface area (TPSA) is 84.3 Å². The first kappa shape index (κ1) is 18.9. The quantitative estimate of drug-likeness (QED) is 0.698. The van der Waals surface area contributed by atoms with Gasteiger partial charge in [0.05, 0.1) is 30.3 Å². The Morgan fingerprint density at radius 1 is 1.14 bits per heavy atom. The van der Waals surface area contributed by atoms with Crippen LogP contribution in [-0.2, 0) is 11.3 Å². The van der Waals surface area contributed by atoms with E-state index in [0.717, 1.165) is 35.9 Å². The third-order valence-corrected chi connectivity index (χ3v) is 4.74. The van der Waals surface area contributed by atoms with Gasteiger partial charge in [0.1, 0.15) is 5.82 Å². The summed E-state index contributed by atoms with van der Waals surface area (Å²) in [5, 5.41) is 10.3.